The molecule has 6 heteroatoms. The first kappa shape index (κ1) is 14.8. The Morgan fingerprint density at radius 3 is 2.71 bits per heavy atom. The second kappa shape index (κ2) is 6.69. The number of nitrogens with zero attached hydrogens (tertiary/aromatic N) is 1. The predicted molar refractivity (Wildman–Crippen MR) is 81.5 cm³/mol. The van der Waals surface area contributed by atoms with E-state index >= 15 is 0 Å². The van der Waals surface area contributed by atoms with Crippen LogP contribution in [0.1, 0.15) is 29.8 Å². The molecular formula is C15H18N4O2. The van der Waals surface area contributed by atoms with Gasteiger partial charge in [0.15, 0.2) is 0 Å². The number of hydrogen-bond acceptors (Lipinski definition) is 4. The van der Waals surface area contributed by atoms with E-state index in [0.29, 0.717) is 37.3 Å². The molecule has 6 nitrogen and oxygen atoms in total. The number of unbranched alkanes of at least 4 members (excludes halogenated alkanes) is 1. The Balaban J connectivity index is 1.98. The van der Waals surface area contributed by atoms with E-state index in [0.717, 1.165) is 10.8 Å². The van der Waals surface area contributed by atoms with Gasteiger partial charge in [0.25, 0.3) is 5.91 Å². The number of nitrogens with two attached hydrogens (primary N) is 2. The molecule has 2 aromatic rings. The number of primary amides is 1. The molecule has 1 aromatic heterocycles. The summed E-state index contributed by atoms with van der Waals surface area (Å²) >= 11 is 0. The van der Waals surface area contributed by atoms with Gasteiger partial charge in [0.2, 0.25) is 5.91 Å². The SMILES string of the molecule is NC(=O)CCCCNC(=O)c1cc2ccccc2c(N)n1. The average Bonchev–Trinajstić information content (AvgIpc) is 2.46. The highest BCUT2D eigenvalue weighted by Gasteiger charge is 2.10. The van der Waals surface area contributed by atoms with Crippen molar-refractivity contribution in [2.75, 3.05) is 12.3 Å². The minimum absolute atomic E-state index is 0.272. The Kier molecular flexibility index (Phi) is 4.71. The van der Waals surface area contributed by atoms with Crippen LogP contribution < -0.4 is 16.8 Å². The molecular weight excluding hydrogens is 268 g/mol. The molecule has 2 rings (SSSR count). The van der Waals surface area contributed by atoms with E-state index in [2.05, 4.69) is 10.3 Å². The highest BCUT2D eigenvalue weighted by Crippen LogP contribution is 2.19. The van der Waals surface area contributed by atoms with Gasteiger partial charge in [-0.25, -0.2) is 4.98 Å². The number of fused-ring (bicyclic) bond motifs is 1. The highest BCUT2D eigenvalue weighted by molar-refractivity contribution is 5.99. The van der Waals surface area contributed by atoms with Gasteiger partial charge in [-0.3, -0.25) is 9.59 Å². The van der Waals surface area contributed by atoms with Gasteiger partial charge in [-0.15, -0.1) is 0 Å². The highest BCUT2D eigenvalue weighted by atomic mass is 16.2. The predicted octanol–water partition coefficient (Wildman–Crippen LogP) is 1.20. The van der Waals surface area contributed by atoms with Crippen molar-refractivity contribution in [2.45, 2.75) is 19.3 Å². The first-order chi connectivity index (χ1) is 10.1. The summed E-state index contributed by atoms with van der Waals surface area (Å²) in [5, 5.41) is 4.46. The Morgan fingerprint density at radius 2 is 1.95 bits per heavy atom. The lowest BCUT2D eigenvalue weighted by Crippen LogP contribution is -2.26. The number of pyridine rings is 1. The van der Waals surface area contributed by atoms with E-state index in [4.69, 9.17) is 11.5 Å². The lowest BCUT2D eigenvalue weighted by molar-refractivity contribution is -0.118. The second-order valence-electron chi connectivity index (χ2n) is 4.79. The van der Waals surface area contributed by atoms with Crippen molar-refractivity contribution in [1.29, 1.82) is 0 Å². The van der Waals surface area contributed by atoms with Gasteiger partial charge in [-0.05, 0) is 24.3 Å². The molecule has 0 aliphatic carbocycles. The van der Waals surface area contributed by atoms with Gasteiger partial charge in [0.1, 0.15) is 11.5 Å². The molecule has 0 radical (unpaired) electrons. The van der Waals surface area contributed by atoms with Crippen molar-refractivity contribution in [3.8, 4) is 0 Å². The van der Waals surface area contributed by atoms with Crippen LogP contribution in [0.2, 0.25) is 0 Å². The van der Waals surface area contributed by atoms with Crippen LogP contribution in [-0.4, -0.2) is 23.3 Å². The molecule has 0 saturated heterocycles. The molecule has 0 spiro atoms. The van der Waals surface area contributed by atoms with Crippen molar-refractivity contribution in [2.24, 2.45) is 5.73 Å². The first-order valence-electron chi connectivity index (χ1n) is 6.79. The molecule has 0 fully saturated rings. The van der Waals surface area contributed by atoms with Crippen LogP contribution in [0.5, 0.6) is 0 Å². The van der Waals surface area contributed by atoms with E-state index < -0.39 is 0 Å². The summed E-state index contributed by atoms with van der Waals surface area (Å²) in [6, 6.07) is 9.22. The zero-order chi connectivity index (χ0) is 15.2. The fourth-order valence-corrected chi connectivity index (χ4v) is 2.06. The molecule has 0 atom stereocenters. The molecule has 1 aromatic carbocycles. The van der Waals surface area contributed by atoms with E-state index in [1.807, 2.05) is 24.3 Å². The normalized spacial score (nSPS) is 10.5. The van der Waals surface area contributed by atoms with Gasteiger partial charge in [0, 0.05) is 18.4 Å². The molecule has 0 bridgehead atoms. The standard InChI is InChI=1S/C15H18N4O2/c16-13(20)7-3-4-8-18-15(21)12-9-10-5-1-2-6-11(10)14(17)19-12/h1-2,5-6,9H,3-4,7-8H2,(H2,16,20)(H2,17,19)(H,18,21). The van der Waals surface area contributed by atoms with Gasteiger partial charge in [-0.1, -0.05) is 24.3 Å². The number of nitrogen functional groups attached to an aromatic ring is 1. The summed E-state index contributed by atoms with van der Waals surface area (Å²) in [6.07, 6.45) is 1.68. The third-order valence-electron chi connectivity index (χ3n) is 3.14. The molecule has 21 heavy (non-hydrogen) atoms. The largest absolute Gasteiger partial charge is 0.383 e. The Labute approximate surface area is 122 Å². The number of rotatable bonds is 6. The molecule has 0 saturated carbocycles. The fourth-order valence-electron chi connectivity index (χ4n) is 2.06. The molecule has 0 aliphatic rings. The molecule has 5 N–H and O–H groups in total. The summed E-state index contributed by atoms with van der Waals surface area (Å²) in [5.41, 5.74) is 11.2. The molecule has 0 unspecified atom stereocenters. The minimum Gasteiger partial charge on any atom is -0.383 e. The number of anilines is 1. The van der Waals surface area contributed by atoms with Crippen molar-refractivity contribution < 1.29 is 9.59 Å². The van der Waals surface area contributed by atoms with Gasteiger partial charge in [0.05, 0.1) is 0 Å². The number of benzene rings is 1. The molecule has 0 aliphatic heterocycles. The van der Waals surface area contributed by atoms with Crippen LogP contribution >= 0.6 is 0 Å². The molecule has 2 amide bonds. The Hall–Kier alpha value is -2.63. The Morgan fingerprint density at radius 1 is 1.19 bits per heavy atom. The summed E-state index contributed by atoms with van der Waals surface area (Å²) in [5.74, 6) is -0.260. The monoisotopic (exact) mass is 286 g/mol. The van der Waals surface area contributed by atoms with Crippen molar-refractivity contribution in [1.82, 2.24) is 10.3 Å². The zero-order valence-corrected chi connectivity index (χ0v) is 11.6. The summed E-state index contributed by atoms with van der Waals surface area (Å²) < 4.78 is 0. The molecule has 1 heterocycles. The Bertz CT molecular complexity index is 670. The van der Waals surface area contributed by atoms with E-state index in [1.165, 1.54) is 0 Å². The van der Waals surface area contributed by atoms with Crippen LogP contribution in [0.25, 0.3) is 10.8 Å². The van der Waals surface area contributed by atoms with Crippen molar-refractivity contribution in [3.05, 3.63) is 36.0 Å². The topological polar surface area (TPSA) is 111 Å². The smallest absolute Gasteiger partial charge is 0.269 e. The van der Waals surface area contributed by atoms with Gasteiger partial charge < -0.3 is 16.8 Å². The van der Waals surface area contributed by atoms with E-state index in [9.17, 15) is 9.59 Å². The minimum atomic E-state index is -0.328. The fraction of sp³-hybridized carbons (Fsp3) is 0.267. The lowest BCUT2D eigenvalue weighted by Gasteiger charge is -2.07. The number of nitrogens with one attached hydrogen (secondary N) is 1. The van der Waals surface area contributed by atoms with Gasteiger partial charge >= 0.3 is 0 Å². The van der Waals surface area contributed by atoms with Crippen LogP contribution in [0.4, 0.5) is 5.82 Å². The lowest BCUT2D eigenvalue weighted by atomic mass is 10.1. The quantitative estimate of drug-likeness (QED) is 0.693. The van der Waals surface area contributed by atoms with Crippen molar-refractivity contribution >= 4 is 28.4 Å². The second-order valence-corrected chi connectivity index (χ2v) is 4.79. The maximum atomic E-state index is 12.0. The number of hydrogen-bond donors (Lipinski definition) is 3. The van der Waals surface area contributed by atoms with Crippen LogP contribution in [0.15, 0.2) is 30.3 Å². The number of aromatic nitrogens is 1. The zero-order valence-electron chi connectivity index (χ0n) is 11.6. The number of amides is 2. The van der Waals surface area contributed by atoms with Crippen LogP contribution in [0, 0.1) is 0 Å². The number of carbonyl (C=O) groups excluding carboxylic acids is 2. The third-order valence-corrected chi connectivity index (χ3v) is 3.14. The van der Waals surface area contributed by atoms with Gasteiger partial charge in [-0.2, -0.15) is 0 Å². The summed E-state index contributed by atoms with van der Waals surface area (Å²) in [6.45, 7) is 0.473. The van der Waals surface area contributed by atoms with E-state index in [-0.39, 0.29) is 11.8 Å². The average molecular weight is 286 g/mol. The van der Waals surface area contributed by atoms with Crippen molar-refractivity contribution in [3.63, 3.8) is 0 Å². The maximum absolute atomic E-state index is 12.0. The van der Waals surface area contributed by atoms with E-state index in [1.54, 1.807) is 6.07 Å². The van der Waals surface area contributed by atoms with Crippen LogP contribution in [0.3, 0.4) is 0 Å². The van der Waals surface area contributed by atoms with Crippen LogP contribution in [-0.2, 0) is 4.79 Å². The molecule has 110 valence electrons. The summed E-state index contributed by atoms with van der Waals surface area (Å²) in [7, 11) is 0. The first-order valence-corrected chi connectivity index (χ1v) is 6.79. The maximum Gasteiger partial charge on any atom is 0.269 e. The third kappa shape index (κ3) is 3.92. The number of carbonyl (C=O) groups is 2. The summed E-state index contributed by atoms with van der Waals surface area (Å²) in [4.78, 5) is 26.7.